The first-order valence-electron chi connectivity index (χ1n) is 9.67. The fraction of sp³-hybridized carbons (Fsp3) is 0.273. The number of nitrogens with zero attached hydrogens (tertiary/aromatic N) is 4. The highest BCUT2D eigenvalue weighted by Crippen LogP contribution is 2.26. The standard InChI is InChI=1S/C22H22ClN5O/c1-15-18(23)7-2-8-19(15)25-22(29)17-6-4-12-28(14-17)21-10-9-20(26-27-21)16-5-3-11-24-13-16/h2-3,5,7-11,13,17H,4,6,12,14H2,1H3,(H,25,29). The van der Waals surface area contributed by atoms with Gasteiger partial charge in [-0.15, -0.1) is 10.2 Å². The van der Waals surface area contributed by atoms with Crippen LogP contribution < -0.4 is 10.2 Å². The van der Waals surface area contributed by atoms with Crippen molar-refractivity contribution in [3.05, 3.63) is 65.4 Å². The number of nitrogens with one attached hydrogen (secondary N) is 1. The number of hydrogen-bond acceptors (Lipinski definition) is 5. The highest BCUT2D eigenvalue weighted by atomic mass is 35.5. The molecule has 0 saturated carbocycles. The number of benzene rings is 1. The molecule has 1 unspecified atom stereocenters. The molecule has 2 aromatic heterocycles. The summed E-state index contributed by atoms with van der Waals surface area (Å²) in [5.74, 6) is 0.691. The van der Waals surface area contributed by atoms with Crippen molar-refractivity contribution in [2.24, 2.45) is 5.92 Å². The molecular formula is C22H22ClN5O. The number of amides is 1. The first-order valence-corrected chi connectivity index (χ1v) is 10.0. The van der Waals surface area contributed by atoms with E-state index in [4.69, 9.17) is 11.6 Å². The van der Waals surface area contributed by atoms with Gasteiger partial charge in [0.2, 0.25) is 5.91 Å². The van der Waals surface area contributed by atoms with Crippen LogP contribution in [0.2, 0.25) is 5.02 Å². The Bertz CT molecular complexity index is 994. The molecule has 7 heteroatoms. The van der Waals surface area contributed by atoms with E-state index in [0.29, 0.717) is 11.6 Å². The number of halogens is 1. The SMILES string of the molecule is Cc1c(Cl)cccc1NC(=O)C1CCCN(c2ccc(-c3cccnc3)nn2)C1. The highest BCUT2D eigenvalue weighted by molar-refractivity contribution is 6.31. The van der Waals surface area contributed by atoms with E-state index in [9.17, 15) is 4.79 Å². The van der Waals surface area contributed by atoms with Crippen LogP contribution in [0, 0.1) is 12.8 Å². The first kappa shape index (κ1) is 19.3. The fourth-order valence-corrected chi connectivity index (χ4v) is 3.71. The van der Waals surface area contributed by atoms with Crippen LogP contribution in [0.15, 0.2) is 54.9 Å². The number of carbonyl (C=O) groups is 1. The van der Waals surface area contributed by atoms with Gasteiger partial charge in [0.1, 0.15) is 0 Å². The van der Waals surface area contributed by atoms with E-state index < -0.39 is 0 Å². The van der Waals surface area contributed by atoms with E-state index >= 15 is 0 Å². The van der Waals surface area contributed by atoms with Crippen molar-refractivity contribution in [3.8, 4) is 11.3 Å². The van der Waals surface area contributed by atoms with Crippen LogP contribution in [-0.4, -0.2) is 34.2 Å². The maximum Gasteiger partial charge on any atom is 0.229 e. The Balaban J connectivity index is 1.44. The minimum atomic E-state index is -0.109. The smallest absolute Gasteiger partial charge is 0.229 e. The molecule has 3 heterocycles. The van der Waals surface area contributed by atoms with Crippen molar-refractivity contribution in [1.29, 1.82) is 0 Å². The third-order valence-electron chi connectivity index (χ3n) is 5.25. The molecule has 1 saturated heterocycles. The van der Waals surface area contributed by atoms with Gasteiger partial charge in [-0.3, -0.25) is 9.78 Å². The average molecular weight is 408 g/mol. The molecule has 1 aliphatic heterocycles. The van der Waals surface area contributed by atoms with Gasteiger partial charge in [-0.05, 0) is 61.7 Å². The van der Waals surface area contributed by atoms with Crippen LogP contribution >= 0.6 is 11.6 Å². The Labute approximate surface area is 174 Å². The summed E-state index contributed by atoms with van der Waals surface area (Å²) in [4.78, 5) is 19.1. The molecule has 0 aliphatic carbocycles. The second-order valence-corrected chi connectivity index (χ2v) is 7.61. The van der Waals surface area contributed by atoms with E-state index in [1.165, 1.54) is 0 Å². The summed E-state index contributed by atoms with van der Waals surface area (Å²) in [6.07, 6.45) is 5.28. The number of rotatable bonds is 4. The lowest BCUT2D eigenvalue weighted by atomic mass is 9.97. The third-order valence-corrected chi connectivity index (χ3v) is 5.66. The lowest BCUT2D eigenvalue weighted by Crippen LogP contribution is -2.41. The molecule has 6 nitrogen and oxygen atoms in total. The quantitative estimate of drug-likeness (QED) is 0.695. The lowest BCUT2D eigenvalue weighted by molar-refractivity contribution is -0.120. The third kappa shape index (κ3) is 4.38. The molecule has 1 N–H and O–H groups in total. The summed E-state index contributed by atoms with van der Waals surface area (Å²) in [5.41, 5.74) is 3.36. The van der Waals surface area contributed by atoms with Gasteiger partial charge >= 0.3 is 0 Å². The Morgan fingerprint density at radius 3 is 2.83 bits per heavy atom. The number of hydrogen-bond donors (Lipinski definition) is 1. The minimum absolute atomic E-state index is 0.0139. The van der Waals surface area contributed by atoms with Crippen molar-refractivity contribution in [3.63, 3.8) is 0 Å². The predicted octanol–water partition coefficient (Wildman–Crippen LogP) is 4.36. The van der Waals surface area contributed by atoms with Crippen molar-refractivity contribution in [2.75, 3.05) is 23.3 Å². The van der Waals surface area contributed by atoms with E-state index in [1.54, 1.807) is 12.4 Å². The number of anilines is 2. The van der Waals surface area contributed by atoms with Crippen LogP contribution in [0.3, 0.4) is 0 Å². The summed E-state index contributed by atoms with van der Waals surface area (Å²) in [7, 11) is 0. The molecule has 148 valence electrons. The van der Waals surface area contributed by atoms with Gasteiger partial charge in [0, 0.05) is 41.8 Å². The molecule has 4 rings (SSSR count). The van der Waals surface area contributed by atoms with Crippen molar-refractivity contribution in [1.82, 2.24) is 15.2 Å². The molecule has 29 heavy (non-hydrogen) atoms. The zero-order chi connectivity index (χ0) is 20.2. The predicted molar refractivity (Wildman–Crippen MR) is 115 cm³/mol. The van der Waals surface area contributed by atoms with Crippen LogP contribution in [0.5, 0.6) is 0 Å². The Morgan fingerprint density at radius 2 is 2.07 bits per heavy atom. The van der Waals surface area contributed by atoms with Crippen molar-refractivity contribution in [2.45, 2.75) is 19.8 Å². The van der Waals surface area contributed by atoms with Gasteiger partial charge in [-0.2, -0.15) is 0 Å². The van der Waals surface area contributed by atoms with E-state index in [2.05, 4.69) is 25.4 Å². The Kier molecular flexibility index (Phi) is 5.71. The molecule has 1 aromatic carbocycles. The maximum absolute atomic E-state index is 12.8. The van der Waals surface area contributed by atoms with Crippen LogP contribution in [0.1, 0.15) is 18.4 Å². The molecule has 3 aromatic rings. The van der Waals surface area contributed by atoms with Crippen LogP contribution in [0.25, 0.3) is 11.3 Å². The lowest BCUT2D eigenvalue weighted by Gasteiger charge is -2.32. The largest absolute Gasteiger partial charge is 0.354 e. The zero-order valence-corrected chi connectivity index (χ0v) is 16.9. The molecule has 1 amide bonds. The van der Waals surface area contributed by atoms with E-state index in [-0.39, 0.29) is 11.8 Å². The van der Waals surface area contributed by atoms with Gasteiger partial charge in [0.25, 0.3) is 0 Å². The molecule has 0 bridgehead atoms. The van der Waals surface area contributed by atoms with E-state index in [0.717, 1.165) is 47.7 Å². The molecule has 1 atom stereocenters. The minimum Gasteiger partial charge on any atom is -0.354 e. The zero-order valence-electron chi connectivity index (χ0n) is 16.2. The number of aromatic nitrogens is 3. The van der Waals surface area contributed by atoms with Crippen molar-refractivity contribution < 1.29 is 4.79 Å². The molecule has 1 fully saturated rings. The normalized spacial score (nSPS) is 16.5. The summed E-state index contributed by atoms with van der Waals surface area (Å²) in [6.45, 7) is 3.39. The second kappa shape index (κ2) is 8.57. The number of piperidine rings is 1. The monoisotopic (exact) mass is 407 g/mol. The van der Waals surface area contributed by atoms with Gasteiger partial charge in [-0.1, -0.05) is 17.7 Å². The van der Waals surface area contributed by atoms with Crippen LogP contribution in [0.4, 0.5) is 11.5 Å². The molecule has 1 aliphatic rings. The average Bonchev–Trinajstić information content (AvgIpc) is 2.78. The number of carbonyl (C=O) groups excluding carboxylic acids is 1. The highest BCUT2D eigenvalue weighted by Gasteiger charge is 2.27. The topological polar surface area (TPSA) is 71.0 Å². The number of pyridine rings is 1. The fourth-order valence-electron chi connectivity index (χ4n) is 3.54. The van der Waals surface area contributed by atoms with Gasteiger partial charge < -0.3 is 10.2 Å². The molecule has 0 spiro atoms. The van der Waals surface area contributed by atoms with Gasteiger partial charge in [-0.25, -0.2) is 0 Å². The van der Waals surface area contributed by atoms with E-state index in [1.807, 2.05) is 49.4 Å². The molecular weight excluding hydrogens is 386 g/mol. The molecule has 0 radical (unpaired) electrons. The Morgan fingerprint density at radius 1 is 1.17 bits per heavy atom. The van der Waals surface area contributed by atoms with Crippen molar-refractivity contribution >= 4 is 29.0 Å². The van der Waals surface area contributed by atoms with Crippen LogP contribution in [-0.2, 0) is 4.79 Å². The summed E-state index contributed by atoms with van der Waals surface area (Å²) < 4.78 is 0. The van der Waals surface area contributed by atoms with Gasteiger partial charge in [0.05, 0.1) is 11.6 Å². The van der Waals surface area contributed by atoms with Gasteiger partial charge in [0.15, 0.2) is 5.82 Å². The summed E-state index contributed by atoms with van der Waals surface area (Å²) >= 11 is 6.16. The maximum atomic E-state index is 12.8. The second-order valence-electron chi connectivity index (χ2n) is 7.21. The summed E-state index contributed by atoms with van der Waals surface area (Å²) in [6, 6.07) is 13.3. The summed E-state index contributed by atoms with van der Waals surface area (Å²) in [5, 5.41) is 12.4. The Hall–Kier alpha value is -2.99. The first-order chi connectivity index (χ1) is 14.1.